The fraction of sp³-hybridized carbons (Fsp3) is 0.235. The topological polar surface area (TPSA) is 58.4 Å². The first-order chi connectivity index (χ1) is 10.2. The van der Waals surface area contributed by atoms with Gasteiger partial charge in [-0.15, -0.1) is 0 Å². The zero-order chi connectivity index (χ0) is 15.1. The van der Waals surface area contributed by atoms with E-state index in [1.54, 1.807) is 4.90 Å². The van der Waals surface area contributed by atoms with Gasteiger partial charge in [0.25, 0.3) is 0 Å². The molecule has 21 heavy (non-hydrogen) atoms. The number of amides is 2. The Bertz CT molecular complexity index is 566. The summed E-state index contributed by atoms with van der Waals surface area (Å²) in [5, 5.41) is 2.91. The van der Waals surface area contributed by atoms with Crippen molar-refractivity contribution in [2.75, 3.05) is 23.3 Å². The molecule has 0 unspecified atom stereocenters. The maximum Gasteiger partial charge on any atom is 0.326 e. The fourth-order valence-electron chi connectivity index (χ4n) is 2.03. The van der Waals surface area contributed by atoms with Crippen LogP contribution in [0.4, 0.5) is 16.2 Å². The predicted molar refractivity (Wildman–Crippen MR) is 87.7 cm³/mol. The van der Waals surface area contributed by atoms with Gasteiger partial charge in [0, 0.05) is 17.9 Å². The Balaban J connectivity index is 2.15. The van der Waals surface area contributed by atoms with E-state index in [9.17, 15) is 4.79 Å². The number of nitrogens with zero attached hydrogens (tertiary/aromatic N) is 1. The zero-order valence-electron chi connectivity index (χ0n) is 12.3. The summed E-state index contributed by atoms with van der Waals surface area (Å²) in [6.45, 7) is 3.18. The van der Waals surface area contributed by atoms with Crippen LogP contribution in [0.2, 0.25) is 0 Å². The van der Waals surface area contributed by atoms with Gasteiger partial charge in [-0.25, -0.2) is 4.79 Å². The highest BCUT2D eigenvalue weighted by Gasteiger charge is 2.15. The lowest BCUT2D eigenvalue weighted by atomic mass is 10.2. The molecule has 2 rings (SSSR count). The largest absolute Gasteiger partial charge is 0.330 e. The summed E-state index contributed by atoms with van der Waals surface area (Å²) in [4.78, 5) is 14.2. The van der Waals surface area contributed by atoms with Gasteiger partial charge >= 0.3 is 6.03 Å². The lowest BCUT2D eigenvalue weighted by molar-refractivity contribution is 0.257. The van der Waals surface area contributed by atoms with Gasteiger partial charge in [0.05, 0.1) is 0 Å². The van der Waals surface area contributed by atoms with E-state index in [0.29, 0.717) is 13.1 Å². The van der Waals surface area contributed by atoms with Crippen LogP contribution in [0, 0.1) is 6.92 Å². The Morgan fingerprint density at radius 1 is 1.10 bits per heavy atom. The SMILES string of the molecule is Cc1ccc(N(CCCN)C(=O)Nc2ccccc2)cc1. The Morgan fingerprint density at radius 3 is 2.38 bits per heavy atom. The second-order valence-electron chi connectivity index (χ2n) is 4.93. The van der Waals surface area contributed by atoms with E-state index < -0.39 is 0 Å². The molecule has 0 aliphatic heterocycles. The van der Waals surface area contributed by atoms with E-state index in [2.05, 4.69) is 5.32 Å². The fourth-order valence-corrected chi connectivity index (χ4v) is 2.03. The number of para-hydroxylation sites is 1. The van der Waals surface area contributed by atoms with Crippen molar-refractivity contribution < 1.29 is 4.79 Å². The molecule has 0 aromatic heterocycles. The third-order valence-electron chi connectivity index (χ3n) is 3.20. The van der Waals surface area contributed by atoms with Crippen LogP contribution in [0.15, 0.2) is 54.6 Å². The molecule has 4 heteroatoms. The van der Waals surface area contributed by atoms with Crippen LogP contribution in [-0.2, 0) is 0 Å². The summed E-state index contributed by atoms with van der Waals surface area (Å²) in [6.07, 6.45) is 0.760. The van der Waals surface area contributed by atoms with Gasteiger partial charge in [-0.1, -0.05) is 35.9 Å². The lowest BCUT2D eigenvalue weighted by Crippen LogP contribution is -2.36. The third-order valence-corrected chi connectivity index (χ3v) is 3.20. The number of anilines is 2. The van der Waals surface area contributed by atoms with Crippen LogP contribution in [0.5, 0.6) is 0 Å². The van der Waals surface area contributed by atoms with E-state index >= 15 is 0 Å². The van der Waals surface area contributed by atoms with Gasteiger partial charge in [-0.2, -0.15) is 0 Å². The van der Waals surface area contributed by atoms with E-state index in [0.717, 1.165) is 17.8 Å². The van der Waals surface area contributed by atoms with Gasteiger partial charge in [-0.3, -0.25) is 4.90 Å². The molecule has 2 amide bonds. The van der Waals surface area contributed by atoms with Crippen molar-refractivity contribution in [3.63, 3.8) is 0 Å². The van der Waals surface area contributed by atoms with Crippen molar-refractivity contribution in [1.82, 2.24) is 0 Å². The minimum absolute atomic E-state index is 0.140. The van der Waals surface area contributed by atoms with Crippen LogP contribution < -0.4 is 16.0 Å². The number of aryl methyl sites for hydroxylation is 1. The number of hydrogen-bond donors (Lipinski definition) is 2. The molecule has 2 aromatic rings. The van der Waals surface area contributed by atoms with Gasteiger partial charge in [0.2, 0.25) is 0 Å². The Kier molecular flexibility index (Phi) is 5.35. The number of urea groups is 1. The summed E-state index contributed by atoms with van der Waals surface area (Å²) in [5.41, 5.74) is 8.40. The first-order valence-electron chi connectivity index (χ1n) is 7.11. The molecule has 0 aliphatic rings. The molecule has 0 fully saturated rings. The molecular weight excluding hydrogens is 262 g/mol. The number of nitrogens with two attached hydrogens (primary N) is 1. The summed E-state index contributed by atoms with van der Waals surface area (Å²) in [6, 6.07) is 17.2. The summed E-state index contributed by atoms with van der Waals surface area (Å²) < 4.78 is 0. The van der Waals surface area contributed by atoms with Crippen molar-refractivity contribution >= 4 is 17.4 Å². The summed E-state index contributed by atoms with van der Waals surface area (Å²) in [7, 11) is 0. The number of carbonyl (C=O) groups is 1. The molecule has 0 saturated heterocycles. The Morgan fingerprint density at radius 2 is 1.76 bits per heavy atom. The molecule has 0 saturated carbocycles. The standard InChI is InChI=1S/C17H21N3O/c1-14-8-10-16(11-9-14)20(13-5-12-18)17(21)19-15-6-3-2-4-7-15/h2-4,6-11H,5,12-13,18H2,1H3,(H,19,21). The zero-order valence-corrected chi connectivity index (χ0v) is 12.3. The number of carbonyl (C=O) groups excluding carboxylic acids is 1. The van der Waals surface area contributed by atoms with E-state index in [4.69, 9.17) is 5.73 Å². The van der Waals surface area contributed by atoms with Crippen molar-refractivity contribution in [3.05, 3.63) is 60.2 Å². The van der Waals surface area contributed by atoms with Crippen molar-refractivity contribution in [2.24, 2.45) is 5.73 Å². The number of hydrogen-bond acceptors (Lipinski definition) is 2. The molecule has 2 aromatic carbocycles. The van der Waals surface area contributed by atoms with Crippen LogP contribution in [0.25, 0.3) is 0 Å². The number of benzene rings is 2. The molecular formula is C17H21N3O. The second-order valence-corrected chi connectivity index (χ2v) is 4.93. The van der Waals surface area contributed by atoms with E-state index in [1.807, 2.05) is 61.5 Å². The highest BCUT2D eigenvalue weighted by molar-refractivity contribution is 6.01. The molecule has 0 heterocycles. The number of rotatable bonds is 5. The lowest BCUT2D eigenvalue weighted by Gasteiger charge is -2.23. The highest BCUT2D eigenvalue weighted by atomic mass is 16.2. The quantitative estimate of drug-likeness (QED) is 0.883. The van der Waals surface area contributed by atoms with Crippen LogP contribution in [0.3, 0.4) is 0 Å². The van der Waals surface area contributed by atoms with Crippen molar-refractivity contribution in [3.8, 4) is 0 Å². The third kappa shape index (κ3) is 4.33. The average molecular weight is 283 g/mol. The molecule has 0 atom stereocenters. The second kappa shape index (κ2) is 7.45. The smallest absolute Gasteiger partial charge is 0.326 e. The highest BCUT2D eigenvalue weighted by Crippen LogP contribution is 2.17. The number of nitrogens with one attached hydrogen (secondary N) is 1. The first kappa shape index (κ1) is 15.1. The van der Waals surface area contributed by atoms with Crippen LogP contribution >= 0.6 is 0 Å². The van der Waals surface area contributed by atoms with Gasteiger partial charge < -0.3 is 11.1 Å². The van der Waals surface area contributed by atoms with Gasteiger partial charge in [-0.05, 0) is 44.2 Å². The molecule has 0 aliphatic carbocycles. The van der Waals surface area contributed by atoms with Crippen molar-refractivity contribution in [1.29, 1.82) is 0 Å². The monoisotopic (exact) mass is 283 g/mol. The summed E-state index contributed by atoms with van der Waals surface area (Å²) >= 11 is 0. The van der Waals surface area contributed by atoms with E-state index in [1.165, 1.54) is 5.56 Å². The summed E-state index contributed by atoms with van der Waals surface area (Å²) in [5.74, 6) is 0. The molecule has 4 nitrogen and oxygen atoms in total. The molecule has 110 valence electrons. The van der Waals surface area contributed by atoms with Crippen LogP contribution in [-0.4, -0.2) is 19.1 Å². The maximum atomic E-state index is 12.5. The van der Waals surface area contributed by atoms with Crippen LogP contribution in [0.1, 0.15) is 12.0 Å². The minimum atomic E-state index is -0.140. The maximum absolute atomic E-state index is 12.5. The molecule has 3 N–H and O–H groups in total. The predicted octanol–water partition coefficient (Wildman–Crippen LogP) is 3.38. The average Bonchev–Trinajstić information content (AvgIpc) is 2.50. The van der Waals surface area contributed by atoms with Gasteiger partial charge in [0.1, 0.15) is 0 Å². The molecule has 0 radical (unpaired) electrons. The first-order valence-corrected chi connectivity index (χ1v) is 7.11. The normalized spacial score (nSPS) is 10.2. The van der Waals surface area contributed by atoms with Gasteiger partial charge in [0.15, 0.2) is 0 Å². The Labute approximate surface area is 125 Å². The van der Waals surface area contributed by atoms with Crippen molar-refractivity contribution in [2.45, 2.75) is 13.3 Å². The molecule has 0 spiro atoms. The minimum Gasteiger partial charge on any atom is -0.330 e. The Hall–Kier alpha value is -2.33. The van der Waals surface area contributed by atoms with E-state index in [-0.39, 0.29) is 6.03 Å². The molecule has 0 bridgehead atoms.